The number of nitrogens with zero attached hydrogens (tertiary/aromatic N) is 2. The first-order valence-electron chi connectivity index (χ1n) is 14.2. The third kappa shape index (κ3) is 6.24. The largest absolute Gasteiger partial charge is 0.459 e. The molecule has 1 aromatic rings. The Kier molecular flexibility index (Phi) is 8.89. The summed E-state index contributed by atoms with van der Waals surface area (Å²) < 4.78 is 23.3. The zero-order chi connectivity index (χ0) is 25.6. The normalized spacial score (nSPS) is 26.6. The summed E-state index contributed by atoms with van der Waals surface area (Å²) in [5, 5.41) is 9.50. The van der Waals surface area contributed by atoms with Gasteiger partial charge < -0.3 is 29.0 Å². The van der Waals surface area contributed by atoms with Gasteiger partial charge in [-0.3, -0.25) is 9.69 Å². The molecule has 8 nitrogen and oxygen atoms in total. The number of aliphatic hydroxyl groups is 1. The van der Waals surface area contributed by atoms with E-state index in [9.17, 15) is 9.90 Å². The topological polar surface area (TPSA) is 80.7 Å². The monoisotopic (exact) mass is 514 g/mol. The van der Waals surface area contributed by atoms with Crippen LogP contribution in [0.1, 0.15) is 57.4 Å². The molecule has 1 aliphatic carbocycles. The molecule has 2 fully saturated rings. The Labute approximate surface area is 220 Å². The van der Waals surface area contributed by atoms with Gasteiger partial charge in [0.1, 0.15) is 0 Å². The second-order valence-corrected chi connectivity index (χ2v) is 10.7. The van der Waals surface area contributed by atoms with Crippen molar-refractivity contribution in [3.8, 4) is 11.5 Å². The van der Waals surface area contributed by atoms with Gasteiger partial charge in [-0.1, -0.05) is 25.3 Å². The molecule has 3 aliphatic heterocycles. The van der Waals surface area contributed by atoms with Crippen LogP contribution in [-0.2, 0) is 20.8 Å². The highest BCUT2D eigenvalue weighted by molar-refractivity contribution is 5.91. The molecule has 3 heterocycles. The molecule has 1 N–H and O–H groups in total. The second kappa shape index (κ2) is 12.5. The van der Waals surface area contributed by atoms with Crippen LogP contribution in [0.15, 0.2) is 30.0 Å². The van der Waals surface area contributed by atoms with Crippen molar-refractivity contribution in [2.24, 2.45) is 17.8 Å². The predicted molar refractivity (Wildman–Crippen MR) is 139 cm³/mol. The first-order chi connectivity index (χ1) is 18.2. The van der Waals surface area contributed by atoms with E-state index in [1.807, 2.05) is 24.0 Å². The lowest BCUT2D eigenvalue weighted by Gasteiger charge is -2.42. The molecule has 0 bridgehead atoms. The fraction of sp³-hybridized carbons (Fsp3) is 0.690. The van der Waals surface area contributed by atoms with Gasteiger partial charge in [-0.15, -0.1) is 0 Å². The molecule has 8 heteroatoms. The second-order valence-electron chi connectivity index (χ2n) is 10.7. The number of carbonyl (C=O) groups excluding carboxylic acids is 1. The maximum Gasteiger partial charge on any atom is 0.288 e. The number of allylic oxidation sites excluding steroid dienone is 1. The van der Waals surface area contributed by atoms with E-state index in [-0.39, 0.29) is 31.1 Å². The minimum Gasteiger partial charge on any atom is -0.459 e. The molecule has 1 saturated heterocycles. The van der Waals surface area contributed by atoms with Crippen LogP contribution in [0.2, 0.25) is 0 Å². The number of fused-ring (bicyclic) bond motifs is 1. The van der Waals surface area contributed by atoms with Gasteiger partial charge in [0.2, 0.25) is 13.1 Å². The Hall–Kier alpha value is -2.29. The van der Waals surface area contributed by atoms with Crippen molar-refractivity contribution in [3.63, 3.8) is 0 Å². The quantitative estimate of drug-likeness (QED) is 0.535. The van der Waals surface area contributed by atoms with Gasteiger partial charge in [-0.2, -0.15) is 0 Å². The fourth-order valence-electron chi connectivity index (χ4n) is 6.40. The molecule has 37 heavy (non-hydrogen) atoms. The molecule has 0 unspecified atom stereocenters. The molecule has 0 radical (unpaired) electrons. The summed E-state index contributed by atoms with van der Waals surface area (Å²) in [6.45, 7) is 6.75. The van der Waals surface area contributed by atoms with Crippen LogP contribution in [0, 0.1) is 17.8 Å². The number of benzene rings is 1. The molecule has 204 valence electrons. The van der Waals surface area contributed by atoms with E-state index in [4.69, 9.17) is 18.9 Å². The van der Waals surface area contributed by atoms with Crippen molar-refractivity contribution in [2.45, 2.75) is 64.7 Å². The number of piperazine rings is 1. The summed E-state index contributed by atoms with van der Waals surface area (Å²) in [7, 11) is 0. The molecular weight excluding hydrogens is 472 g/mol. The third-order valence-electron chi connectivity index (χ3n) is 8.37. The molecule has 5 rings (SSSR count). The predicted octanol–water partition coefficient (Wildman–Crippen LogP) is 3.92. The lowest BCUT2D eigenvalue weighted by Crippen LogP contribution is -2.50. The molecule has 1 aromatic carbocycles. The highest BCUT2D eigenvalue weighted by Gasteiger charge is 2.41. The number of amides is 1. The van der Waals surface area contributed by atoms with Crippen LogP contribution in [0.4, 0.5) is 0 Å². The van der Waals surface area contributed by atoms with E-state index in [1.54, 1.807) is 0 Å². The zero-order valence-corrected chi connectivity index (χ0v) is 22.1. The molecule has 1 amide bonds. The smallest absolute Gasteiger partial charge is 0.288 e. The average Bonchev–Trinajstić information content (AvgIpc) is 3.41. The summed E-state index contributed by atoms with van der Waals surface area (Å²) in [4.78, 5) is 17.9. The molecular formula is C29H42N2O6. The first-order valence-corrected chi connectivity index (χ1v) is 14.2. The van der Waals surface area contributed by atoms with E-state index in [0.29, 0.717) is 31.4 Å². The molecule has 4 aliphatic rings. The van der Waals surface area contributed by atoms with Gasteiger partial charge >= 0.3 is 0 Å². The minimum absolute atomic E-state index is 0.0196. The van der Waals surface area contributed by atoms with Gasteiger partial charge in [0.25, 0.3) is 5.91 Å². The van der Waals surface area contributed by atoms with Gasteiger partial charge in [-0.25, -0.2) is 0 Å². The fourth-order valence-corrected chi connectivity index (χ4v) is 6.40. The molecule has 0 aromatic heterocycles. The van der Waals surface area contributed by atoms with Crippen molar-refractivity contribution in [2.75, 3.05) is 46.2 Å². The van der Waals surface area contributed by atoms with Gasteiger partial charge in [0.05, 0.1) is 0 Å². The summed E-state index contributed by atoms with van der Waals surface area (Å²) in [6, 6.07) is 6.10. The highest BCUT2D eigenvalue weighted by Crippen LogP contribution is 2.42. The van der Waals surface area contributed by atoms with Crippen molar-refractivity contribution < 1.29 is 28.8 Å². The summed E-state index contributed by atoms with van der Waals surface area (Å²) in [6.07, 6.45) is 9.43. The van der Waals surface area contributed by atoms with E-state index in [1.165, 1.54) is 37.7 Å². The van der Waals surface area contributed by atoms with Crippen LogP contribution in [-0.4, -0.2) is 73.3 Å². The number of carbonyl (C=O) groups is 1. The Morgan fingerprint density at radius 3 is 2.62 bits per heavy atom. The summed E-state index contributed by atoms with van der Waals surface area (Å²) in [5.41, 5.74) is 1.19. The average molecular weight is 515 g/mol. The summed E-state index contributed by atoms with van der Waals surface area (Å²) in [5.74, 6) is 3.02. The lowest BCUT2D eigenvalue weighted by atomic mass is 9.71. The van der Waals surface area contributed by atoms with Crippen LogP contribution in [0.25, 0.3) is 0 Å². The Bertz CT molecular complexity index is 938. The van der Waals surface area contributed by atoms with Crippen LogP contribution >= 0.6 is 0 Å². The molecule has 0 spiro atoms. The number of hydrogen-bond donors (Lipinski definition) is 1. The van der Waals surface area contributed by atoms with Gasteiger partial charge in [0.15, 0.2) is 17.3 Å². The maximum absolute atomic E-state index is 13.6. The summed E-state index contributed by atoms with van der Waals surface area (Å²) >= 11 is 0. The maximum atomic E-state index is 13.6. The number of aliphatic hydroxyl groups excluding tert-OH is 1. The van der Waals surface area contributed by atoms with Crippen molar-refractivity contribution in [3.05, 3.63) is 35.6 Å². The van der Waals surface area contributed by atoms with E-state index < -0.39 is 6.29 Å². The highest BCUT2D eigenvalue weighted by atomic mass is 16.7. The van der Waals surface area contributed by atoms with Crippen LogP contribution in [0.5, 0.6) is 11.5 Å². The first kappa shape index (κ1) is 26.3. The van der Waals surface area contributed by atoms with Crippen molar-refractivity contribution in [1.29, 1.82) is 0 Å². The van der Waals surface area contributed by atoms with Crippen LogP contribution in [0.3, 0.4) is 0 Å². The van der Waals surface area contributed by atoms with E-state index >= 15 is 0 Å². The Morgan fingerprint density at radius 1 is 1.08 bits per heavy atom. The lowest BCUT2D eigenvalue weighted by molar-refractivity contribution is -0.180. The van der Waals surface area contributed by atoms with Crippen molar-refractivity contribution in [1.82, 2.24) is 9.80 Å². The Balaban J connectivity index is 1.24. The number of ether oxygens (including phenoxy) is 4. The number of rotatable bonds is 9. The van der Waals surface area contributed by atoms with Gasteiger partial charge in [-0.05, 0) is 68.2 Å². The minimum atomic E-state index is -0.431. The van der Waals surface area contributed by atoms with Gasteiger partial charge in [0, 0.05) is 51.9 Å². The molecule has 1 saturated carbocycles. The SMILES string of the molecule is CCO[C@H]1OC(C(=O)N2CCN(Cc3ccc4c(c3)OCO4)CC2)=C[C@@H](C2CCCCC2)[C@H]1CCCO. The van der Waals surface area contributed by atoms with E-state index in [2.05, 4.69) is 17.0 Å². The van der Waals surface area contributed by atoms with E-state index in [0.717, 1.165) is 44.0 Å². The van der Waals surface area contributed by atoms with Crippen molar-refractivity contribution >= 4 is 5.91 Å². The Morgan fingerprint density at radius 2 is 1.86 bits per heavy atom. The molecule has 3 atom stereocenters. The standard InChI is InChI=1S/C29H42N2O6/c1-2-34-29-23(9-6-16-32)24(22-7-4-3-5-8-22)18-27(37-29)28(33)31-14-12-30(13-15-31)19-21-10-11-25-26(17-21)36-20-35-25/h10-11,17-18,22-24,29,32H,2-9,12-16,19-20H2,1H3/t23-,24+,29+/m1/s1. The zero-order valence-electron chi connectivity index (χ0n) is 22.1. The third-order valence-corrected chi connectivity index (χ3v) is 8.37. The van der Waals surface area contributed by atoms with Crippen LogP contribution < -0.4 is 9.47 Å². The number of hydrogen-bond acceptors (Lipinski definition) is 7.